The van der Waals surface area contributed by atoms with E-state index in [4.69, 9.17) is 5.11 Å². The van der Waals surface area contributed by atoms with Gasteiger partial charge in [-0.1, -0.05) is 38.8 Å². The van der Waals surface area contributed by atoms with E-state index in [0.717, 1.165) is 5.92 Å². The van der Waals surface area contributed by atoms with E-state index in [0.29, 0.717) is 5.41 Å². The van der Waals surface area contributed by atoms with Crippen molar-refractivity contribution in [1.29, 1.82) is 0 Å². The van der Waals surface area contributed by atoms with Gasteiger partial charge < -0.3 is 5.11 Å². The van der Waals surface area contributed by atoms with E-state index >= 15 is 0 Å². The molecule has 1 unspecified atom stereocenters. The Balaban J connectivity index is 2.85. The summed E-state index contributed by atoms with van der Waals surface area (Å²) in [4.78, 5) is 0. The van der Waals surface area contributed by atoms with Gasteiger partial charge in [0.1, 0.15) is 0 Å². The Morgan fingerprint density at radius 1 is 1.46 bits per heavy atom. The Morgan fingerprint density at radius 3 is 2.77 bits per heavy atom. The van der Waals surface area contributed by atoms with Crippen LogP contribution < -0.4 is 0 Å². The predicted octanol–water partition coefficient (Wildman–Crippen LogP) is 3.14. The lowest BCUT2D eigenvalue weighted by atomic mass is 9.73. The molecule has 13 heavy (non-hydrogen) atoms. The standard InChI is InChI=1S/C12H22O/c1-10-6-4-5-7-11(8-9-13)12(10,2)3/h8,10,13H,4-7,9H2,1-3H3/b11-8+. The molecular formula is C12H22O. The first kappa shape index (κ1) is 10.8. The molecule has 0 heterocycles. The Morgan fingerprint density at radius 2 is 2.15 bits per heavy atom. The molecule has 0 saturated heterocycles. The van der Waals surface area contributed by atoms with Crippen molar-refractivity contribution in [3.05, 3.63) is 11.6 Å². The number of rotatable bonds is 1. The number of aliphatic hydroxyl groups is 1. The summed E-state index contributed by atoms with van der Waals surface area (Å²) in [6.07, 6.45) is 7.16. The van der Waals surface area contributed by atoms with Crippen LogP contribution in [-0.4, -0.2) is 11.7 Å². The van der Waals surface area contributed by atoms with Crippen molar-refractivity contribution in [2.75, 3.05) is 6.61 Å². The highest BCUT2D eigenvalue weighted by Gasteiger charge is 2.30. The van der Waals surface area contributed by atoms with Gasteiger partial charge in [0, 0.05) is 0 Å². The van der Waals surface area contributed by atoms with Crippen molar-refractivity contribution in [3.63, 3.8) is 0 Å². The molecule has 1 N–H and O–H groups in total. The topological polar surface area (TPSA) is 20.2 Å². The molecule has 0 spiro atoms. The molecule has 0 aliphatic heterocycles. The maximum Gasteiger partial charge on any atom is 0.0615 e. The SMILES string of the molecule is CC1CCCC/C(=C\CO)C1(C)C. The van der Waals surface area contributed by atoms with Gasteiger partial charge in [-0.15, -0.1) is 0 Å². The van der Waals surface area contributed by atoms with E-state index in [1.54, 1.807) is 0 Å². The molecule has 1 fully saturated rings. The summed E-state index contributed by atoms with van der Waals surface area (Å²) in [6.45, 7) is 7.15. The number of aliphatic hydroxyl groups excluding tert-OH is 1. The third-order valence-corrected chi connectivity index (χ3v) is 3.73. The lowest BCUT2D eigenvalue weighted by Crippen LogP contribution is -2.22. The fourth-order valence-corrected chi connectivity index (χ4v) is 2.24. The quantitative estimate of drug-likeness (QED) is 0.488. The van der Waals surface area contributed by atoms with Gasteiger partial charge in [0.05, 0.1) is 6.61 Å². The highest BCUT2D eigenvalue weighted by Crippen LogP contribution is 2.42. The van der Waals surface area contributed by atoms with E-state index < -0.39 is 0 Å². The maximum atomic E-state index is 8.95. The molecule has 1 atom stereocenters. The van der Waals surface area contributed by atoms with Gasteiger partial charge in [-0.05, 0) is 30.6 Å². The largest absolute Gasteiger partial charge is 0.392 e. The highest BCUT2D eigenvalue weighted by atomic mass is 16.2. The molecule has 1 saturated carbocycles. The van der Waals surface area contributed by atoms with Gasteiger partial charge >= 0.3 is 0 Å². The summed E-state index contributed by atoms with van der Waals surface area (Å²) in [6, 6.07) is 0. The molecule has 0 amide bonds. The van der Waals surface area contributed by atoms with Gasteiger partial charge in [-0.25, -0.2) is 0 Å². The van der Waals surface area contributed by atoms with E-state index in [2.05, 4.69) is 20.8 Å². The molecule has 0 aromatic carbocycles. The molecule has 76 valence electrons. The normalized spacial score (nSPS) is 31.7. The van der Waals surface area contributed by atoms with E-state index in [1.165, 1.54) is 31.3 Å². The first-order valence-electron chi connectivity index (χ1n) is 5.39. The second-order valence-electron chi connectivity index (χ2n) is 4.78. The van der Waals surface area contributed by atoms with Crippen LogP contribution in [0.1, 0.15) is 46.5 Å². The second kappa shape index (κ2) is 4.28. The molecule has 0 bridgehead atoms. The average molecular weight is 182 g/mol. The lowest BCUT2D eigenvalue weighted by Gasteiger charge is -2.32. The fourth-order valence-electron chi connectivity index (χ4n) is 2.24. The first-order chi connectivity index (χ1) is 6.09. The first-order valence-corrected chi connectivity index (χ1v) is 5.39. The molecule has 1 rings (SSSR count). The van der Waals surface area contributed by atoms with Crippen LogP contribution in [0.5, 0.6) is 0 Å². The minimum absolute atomic E-state index is 0.200. The molecule has 0 aromatic rings. The number of allylic oxidation sites excluding steroid dienone is 1. The zero-order valence-corrected chi connectivity index (χ0v) is 9.14. The van der Waals surface area contributed by atoms with Gasteiger partial charge in [-0.3, -0.25) is 0 Å². The van der Waals surface area contributed by atoms with E-state index in [-0.39, 0.29) is 6.61 Å². The molecule has 1 aliphatic carbocycles. The van der Waals surface area contributed by atoms with E-state index in [1.807, 2.05) is 6.08 Å². The lowest BCUT2D eigenvalue weighted by molar-refractivity contribution is 0.272. The monoisotopic (exact) mass is 182 g/mol. The van der Waals surface area contributed by atoms with Crippen LogP contribution in [0.2, 0.25) is 0 Å². The van der Waals surface area contributed by atoms with Crippen LogP contribution in [0.3, 0.4) is 0 Å². The minimum atomic E-state index is 0.200. The van der Waals surface area contributed by atoms with Gasteiger partial charge in [0.25, 0.3) is 0 Å². The van der Waals surface area contributed by atoms with Crippen molar-refractivity contribution in [1.82, 2.24) is 0 Å². The fraction of sp³-hybridized carbons (Fsp3) is 0.833. The summed E-state index contributed by atoms with van der Waals surface area (Å²) in [5.74, 6) is 0.743. The molecule has 0 radical (unpaired) electrons. The molecule has 1 nitrogen and oxygen atoms in total. The zero-order valence-electron chi connectivity index (χ0n) is 9.14. The van der Waals surface area contributed by atoms with Gasteiger partial charge in [0.15, 0.2) is 0 Å². The van der Waals surface area contributed by atoms with Crippen molar-refractivity contribution in [2.24, 2.45) is 11.3 Å². The second-order valence-corrected chi connectivity index (χ2v) is 4.78. The van der Waals surface area contributed by atoms with Crippen LogP contribution in [0, 0.1) is 11.3 Å². The van der Waals surface area contributed by atoms with Crippen molar-refractivity contribution in [2.45, 2.75) is 46.5 Å². The van der Waals surface area contributed by atoms with Crippen LogP contribution >= 0.6 is 0 Å². The number of hydrogen-bond donors (Lipinski definition) is 1. The van der Waals surface area contributed by atoms with Crippen molar-refractivity contribution in [3.8, 4) is 0 Å². The number of hydrogen-bond acceptors (Lipinski definition) is 1. The smallest absolute Gasteiger partial charge is 0.0615 e. The Bertz CT molecular complexity index is 191. The zero-order chi connectivity index (χ0) is 9.90. The summed E-state index contributed by atoms with van der Waals surface area (Å²) in [7, 11) is 0. The molecular weight excluding hydrogens is 160 g/mol. The predicted molar refractivity (Wildman–Crippen MR) is 56.6 cm³/mol. The van der Waals surface area contributed by atoms with Gasteiger partial charge in [0.2, 0.25) is 0 Å². The Labute approximate surface area is 81.9 Å². The minimum Gasteiger partial charge on any atom is -0.392 e. The van der Waals surface area contributed by atoms with E-state index in [9.17, 15) is 0 Å². The molecule has 1 aliphatic rings. The summed E-state index contributed by atoms with van der Waals surface area (Å²) < 4.78 is 0. The Kier molecular flexibility index (Phi) is 3.55. The molecule has 1 heteroatoms. The molecule has 0 aromatic heterocycles. The van der Waals surface area contributed by atoms with Gasteiger partial charge in [-0.2, -0.15) is 0 Å². The van der Waals surface area contributed by atoms with Crippen molar-refractivity contribution < 1.29 is 5.11 Å². The van der Waals surface area contributed by atoms with Crippen LogP contribution in [0.4, 0.5) is 0 Å². The van der Waals surface area contributed by atoms with Crippen molar-refractivity contribution >= 4 is 0 Å². The van der Waals surface area contributed by atoms with Crippen LogP contribution in [0.25, 0.3) is 0 Å². The third-order valence-electron chi connectivity index (χ3n) is 3.73. The van der Waals surface area contributed by atoms with Crippen LogP contribution in [0.15, 0.2) is 11.6 Å². The third kappa shape index (κ3) is 2.34. The summed E-state index contributed by atoms with van der Waals surface area (Å²) in [5.41, 5.74) is 1.75. The highest BCUT2D eigenvalue weighted by molar-refractivity contribution is 5.14. The summed E-state index contributed by atoms with van der Waals surface area (Å²) in [5, 5.41) is 8.95. The Hall–Kier alpha value is -0.300. The summed E-state index contributed by atoms with van der Waals surface area (Å²) >= 11 is 0. The maximum absolute atomic E-state index is 8.95. The van der Waals surface area contributed by atoms with Crippen LogP contribution in [-0.2, 0) is 0 Å². The average Bonchev–Trinajstić information content (AvgIpc) is 2.18.